The fraction of sp³-hybridized carbons (Fsp3) is 0.778. The zero-order chi connectivity index (χ0) is 10.0. The standard InChI is InChI=1S/C9H16N2OS/c1-5(2)7-8(12)11-9(13-7)10-6(3)4/h5-7H,1-4H3,(H,10,11,12). The molecule has 0 aromatic rings. The zero-order valence-corrected chi connectivity index (χ0v) is 9.31. The summed E-state index contributed by atoms with van der Waals surface area (Å²) in [5.74, 6) is 0.462. The summed E-state index contributed by atoms with van der Waals surface area (Å²) >= 11 is 1.54. The maximum atomic E-state index is 11.4. The quantitative estimate of drug-likeness (QED) is 0.736. The average Bonchev–Trinajstić information content (AvgIpc) is 2.29. The highest BCUT2D eigenvalue weighted by atomic mass is 32.2. The molecule has 0 saturated carbocycles. The van der Waals surface area contributed by atoms with E-state index in [9.17, 15) is 4.79 Å². The summed E-state index contributed by atoms with van der Waals surface area (Å²) in [6, 6.07) is 0.244. The lowest BCUT2D eigenvalue weighted by molar-refractivity contribution is -0.119. The van der Waals surface area contributed by atoms with Gasteiger partial charge in [-0.1, -0.05) is 25.6 Å². The summed E-state index contributed by atoms with van der Waals surface area (Å²) in [6.07, 6.45) is 0. The molecule has 0 spiro atoms. The van der Waals surface area contributed by atoms with Crippen molar-refractivity contribution in [2.45, 2.75) is 39.0 Å². The number of amides is 1. The number of carbonyl (C=O) groups excluding carboxylic acids is 1. The number of amidine groups is 1. The minimum atomic E-state index is 0.0394. The van der Waals surface area contributed by atoms with E-state index in [1.807, 2.05) is 13.8 Å². The molecular formula is C9H16N2OS. The Morgan fingerprint density at radius 2 is 2.00 bits per heavy atom. The molecule has 0 bridgehead atoms. The van der Waals surface area contributed by atoms with Crippen LogP contribution >= 0.6 is 11.8 Å². The van der Waals surface area contributed by atoms with Gasteiger partial charge in [0.25, 0.3) is 0 Å². The molecule has 1 atom stereocenters. The normalized spacial score (nSPS) is 26.2. The van der Waals surface area contributed by atoms with E-state index in [0.717, 1.165) is 5.17 Å². The van der Waals surface area contributed by atoms with Gasteiger partial charge in [0.1, 0.15) is 0 Å². The SMILES string of the molecule is CC(C)N=C1NC(=O)C(C(C)C)S1. The van der Waals surface area contributed by atoms with Gasteiger partial charge in [-0.25, -0.2) is 0 Å². The predicted octanol–water partition coefficient (Wildman–Crippen LogP) is 1.64. The fourth-order valence-corrected chi connectivity index (χ4v) is 2.23. The first-order valence-corrected chi connectivity index (χ1v) is 5.44. The summed E-state index contributed by atoms with van der Waals surface area (Å²) in [5, 5.41) is 3.61. The van der Waals surface area contributed by atoms with Crippen LogP contribution in [-0.2, 0) is 4.79 Å². The van der Waals surface area contributed by atoms with Crippen LogP contribution in [-0.4, -0.2) is 22.4 Å². The van der Waals surface area contributed by atoms with E-state index >= 15 is 0 Å². The van der Waals surface area contributed by atoms with Crippen LogP contribution in [0.4, 0.5) is 0 Å². The van der Waals surface area contributed by atoms with Crippen molar-refractivity contribution in [3.05, 3.63) is 0 Å². The molecule has 3 nitrogen and oxygen atoms in total. The third kappa shape index (κ3) is 2.72. The first-order chi connectivity index (χ1) is 6.00. The van der Waals surface area contributed by atoms with E-state index in [-0.39, 0.29) is 17.2 Å². The highest BCUT2D eigenvalue weighted by Crippen LogP contribution is 2.25. The van der Waals surface area contributed by atoms with Crippen molar-refractivity contribution in [2.75, 3.05) is 0 Å². The van der Waals surface area contributed by atoms with Gasteiger partial charge in [-0.2, -0.15) is 0 Å². The molecule has 1 amide bonds. The molecule has 0 radical (unpaired) electrons. The number of carbonyl (C=O) groups is 1. The van der Waals surface area contributed by atoms with Gasteiger partial charge in [0.2, 0.25) is 5.91 Å². The van der Waals surface area contributed by atoms with Crippen LogP contribution in [0.15, 0.2) is 4.99 Å². The summed E-state index contributed by atoms with van der Waals surface area (Å²) in [7, 11) is 0. The van der Waals surface area contributed by atoms with E-state index < -0.39 is 0 Å². The van der Waals surface area contributed by atoms with Gasteiger partial charge in [-0.3, -0.25) is 9.79 Å². The molecule has 1 heterocycles. The minimum absolute atomic E-state index is 0.0394. The van der Waals surface area contributed by atoms with E-state index in [1.54, 1.807) is 11.8 Å². The van der Waals surface area contributed by atoms with Crippen LogP contribution in [0.5, 0.6) is 0 Å². The third-order valence-electron chi connectivity index (χ3n) is 1.71. The first-order valence-electron chi connectivity index (χ1n) is 4.56. The number of rotatable bonds is 2. The number of hydrogen-bond donors (Lipinski definition) is 1. The summed E-state index contributed by atoms with van der Waals surface area (Å²) in [4.78, 5) is 15.7. The van der Waals surface area contributed by atoms with Gasteiger partial charge < -0.3 is 5.32 Å². The van der Waals surface area contributed by atoms with Gasteiger partial charge in [0.05, 0.1) is 5.25 Å². The van der Waals surface area contributed by atoms with Crippen LogP contribution in [0.25, 0.3) is 0 Å². The van der Waals surface area contributed by atoms with Gasteiger partial charge >= 0.3 is 0 Å². The zero-order valence-electron chi connectivity index (χ0n) is 8.50. The smallest absolute Gasteiger partial charge is 0.239 e. The second-order valence-electron chi connectivity index (χ2n) is 3.80. The number of thioether (sulfide) groups is 1. The Kier molecular flexibility index (Phi) is 3.36. The highest BCUT2D eigenvalue weighted by Gasteiger charge is 2.32. The highest BCUT2D eigenvalue weighted by molar-refractivity contribution is 8.15. The molecule has 4 heteroatoms. The third-order valence-corrected chi connectivity index (χ3v) is 3.15. The number of nitrogens with zero attached hydrogens (tertiary/aromatic N) is 1. The Morgan fingerprint density at radius 3 is 2.38 bits per heavy atom. The molecule has 1 aliphatic rings. The van der Waals surface area contributed by atoms with Gasteiger partial charge in [0.15, 0.2) is 5.17 Å². The molecular weight excluding hydrogens is 184 g/mol. The van der Waals surface area contributed by atoms with E-state index in [1.165, 1.54) is 0 Å². The molecule has 1 saturated heterocycles. The van der Waals surface area contributed by atoms with Crippen LogP contribution < -0.4 is 5.32 Å². The molecule has 1 aliphatic heterocycles. The largest absolute Gasteiger partial charge is 0.304 e. The lowest BCUT2D eigenvalue weighted by atomic mass is 10.1. The average molecular weight is 200 g/mol. The maximum absolute atomic E-state index is 11.4. The van der Waals surface area contributed by atoms with Crippen molar-refractivity contribution in [3.63, 3.8) is 0 Å². The minimum Gasteiger partial charge on any atom is -0.304 e. The van der Waals surface area contributed by atoms with Crippen molar-refractivity contribution in [1.82, 2.24) is 5.32 Å². The summed E-state index contributed by atoms with van der Waals surface area (Å²) in [6.45, 7) is 8.11. The van der Waals surface area contributed by atoms with Crippen molar-refractivity contribution >= 4 is 22.8 Å². The Bertz CT molecular complexity index is 236. The van der Waals surface area contributed by atoms with Gasteiger partial charge in [0, 0.05) is 6.04 Å². The molecule has 0 aromatic carbocycles. The van der Waals surface area contributed by atoms with Gasteiger partial charge in [-0.15, -0.1) is 0 Å². The lowest BCUT2D eigenvalue weighted by Gasteiger charge is -2.07. The molecule has 1 N–H and O–H groups in total. The Morgan fingerprint density at radius 1 is 1.38 bits per heavy atom. The van der Waals surface area contributed by atoms with Crippen molar-refractivity contribution in [2.24, 2.45) is 10.9 Å². The molecule has 1 rings (SSSR count). The lowest BCUT2D eigenvalue weighted by Crippen LogP contribution is -2.27. The molecule has 1 fully saturated rings. The molecule has 1 unspecified atom stereocenters. The predicted molar refractivity (Wildman–Crippen MR) is 56.9 cm³/mol. The second-order valence-corrected chi connectivity index (χ2v) is 4.93. The molecule has 74 valence electrons. The van der Waals surface area contributed by atoms with Crippen LogP contribution in [0, 0.1) is 5.92 Å². The van der Waals surface area contributed by atoms with Crippen molar-refractivity contribution in [1.29, 1.82) is 0 Å². The van der Waals surface area contributed by atoms with Crippen molar-refractivity contribution < 1.29 is 4.79 Å². The first kappa shape index (κ1) is 10.6. The summed E-state index contributed by atoms with van der Waals surface area (Å²) < 4.78 is 0. The van der Waals surface area contributed by atoms with Gasteiger partial charge in [-0.05, 0) is 19.8 Å². The summed E-state index contributed by atoms with van der Waals surface area (Å²) in [5.41, 5.74) is 0. The van der Waals surface area contributed by atoms with Crippen LogP contribution in [0.3, 0.4) is 0 Å². The molecule has 0 aliphatic carbocycles. The van der Waals surface area contributed by atoms with E-state index in [4.69, 9.17) is 0 Å². The van der Waals surface area contributed by atoms with E-state index in [0.29, 0.717) is 5.92 Å². The van der Waals surface area contributed by atoms with Crippen molar-refractivity contribution in [3.8, 4) is 0 Å². The van der Waals surface area contributed by atoms with Crippen LogP contribution in [0.2, 0.25) is 0 Å². The second kappa shape index (κ2) is 4.13. The van der Waals surface area contributed by atoms with E-state index in [2.05, 4.69) is 24.2 Å². The van der Waals surface area contributed by atoms with Crippen LogP contribution in [0.1, 0.15) is 27.7 Å². The number of aliphatic imine (C=N–C) groups is 1. The number of nitrogens with one attached hydrogen (secondary N) is 1. The number of hydrogen-bond acceptors (Lipinski definition) is 3. The Balaban J connectivity index is 2.65. The Labute approximate surface area is 83.4 Å². The fourth-order valence-electron chi connectivity index (χ4n) is 1.12. The Hall–Kier alpha value is -0.510. The monoisotopic (exact) mass is 200 g/mol. The topological polar surface area (TPSA) is 41.5 Å². The maximum Gasteiger partial charge on any atom is 0.239 e. The molecule has 0 aromatic heterocycles. The molecule has 13 heavy (non-hydrogen) atoms.